The van der Waals surface area contributed by atoms with Crippen molar-refractivity contribution in [1.82, 2.24) is 33.6 Å². The van der Waals surface area contributed by atoms with E-state index in [1.807, 2.05) is 131 Å². The molecule has 2 aliphatic rings. The highest BCUT2D eigenvalue weighted by Gasteiger charge is 2.46. The minimum Gasteiger partial charge on any atom is -0.497 e. The van der Waals surface area contributed by atoms with Crippen LogP contribution in [0.3, 0.4) is 0 Å². The summed E-state index contributed by atoms with van der Waals surface area (Å²) in [5, 5.41) is 13.7. The Kier molecular flexibility index (Phi) is 28.0. The summed E-state index contributed by atoms with van der Waals surface area (Å²) in [5.74, 6) is -0.886. The van der Waals surface area contributed by atoms with Crippen LogP contribution in [0.2, 0.25) is 0 Å². The molecule has 1 amide bonds. The van der Waals surface area contributed by atoms with E-state index >= 15 is 0 Å². The van der Waals surface area contributed by atoms with E-state index in [2.05, 4.69) is 55.9 Å². The van der Waals surface area contributed by atoms with Crippen molar-refractivity contribution in [3.05, 3.63) is 221 Å². The fourth-order valence-corrected chi connectivity index (χ4v) is 15.0. The number of nitriles is 1. The predicted octanol–water partition coefficient (Wildman–Crippen LogP) is 10.6. The molecule has 2 saturated heterocycles. The van der Waals surface area contributed by atoms with Gasteiger partial charge in [0.25, 0.3) is 19.6 Å². The molecule has 6 aromatic carbocycles. The largest absolute Gasteiger partial charge is 0.497 e. The van der Waals surface area contributed by atoms with Crippen molar-refractivity contribution in [1.29, 1.82) is 5.26 Å². The Balaban J connectivity index is 0.795. The van der Waals surface area contributed by atoms with Crippen LogP contribution in [0.5, 0.6) is 11.5 Å². The number of alkyl halides is 3. The second-order valence-corrected chi connectivity index (χ2v) is 27.7. The zero-order valence-electron chi connectivity index (χ0n) is 60.3. The topological polar surface area (TPSA) is 262 Å². The summed E-state index contributed by atoms with van der Waals surface area (Å²) in [4.78, 5) is 72.2. The molecule has 0 bridgehead atoms. The van der Waals surface area contributed by atoms with E-state index in [-0.39, 0.29) is 96.4 Å². The normalized spacial score (nSPS) is 18.1. The molecule has 105 heavy (non-hydrogen) atoms. The first-order valence-corrected chi connectivity index (χ1v) is 36.2. The second-order valence-electron chi connectivity index (χ2n) is 26.3. The zero-order chi connectivity index (χ0) is 74.8. The third kappa shape index (κ3) is 20.0. The van der Waals surface area contributed by atoms with Crippen LogP contribution < -0.4 is 32.0 Å². The molecule has 562 valence electrons. The quantitative estimate of drug-likeness (QED) is 0.0158. The Hall–Kier alpha value is -8.46. The third-order valence-electron chi connectivity index (χ3n) is 18.5. The molecule has 1 unspecified atom stereocenters. The number of nitrogens with one attached hydrogen (secondary N) is 2. The first-order chi connectivity index (χ1) is 50.6. The number of halogens is 3. The van der Waals surface area contributed by atoms with Gasteiger partial charge in [0.15, 0.2) is 0 Å². The summed E-state index contributed by atoms with van der Waals surface area (Å²) in [6, 6.07) is 44.9. The molecule has 0 radical (unpaired) electrons. The number of aromatic nitrogens is 4. The highest BCUT2D eigenvalue weighted by Crippen LogP contribution is 2.50. The maximum absolute atomic E-state index is 14.4. The van der Waals surface area contributed by atoms with Gasteiger partial charge in [-0.25, -0.2) is 14.3 Å². The molecule has 2 aromatic heterocycles. The average molecular weight is 1470 g/mol. The number of hydrogen-bond donors (Lipinski definition) is 2. The Morgan fingerprint density at radius 2 is 1.10 bits per heavy atom. The lowest BCUT2D eigenvalue weighted by Crippen LogP contribution is -2.45. The van der Waals surface area contributed by atoms with Gasteiger partial charge in [-0.05, 0) is 116 Å². The number of nitrogens with zero attached hydrogens (tertiary/aromatic N) is 6. The molecule has 28 heteroatoms. The third-order valence-corrected chi connectivity index (χ3v) is 20.7. The molecule has 8 aromatic rings. The summed E-state index contributed by atoms with van der Waals surface area (Å²) in [7, 11) is 1.40. The van der Waals surface area contributed by atoms with E-state index in [0.717, 1.165) is 32.7 Å². The molecule has 0 spiro atoms. The lowest BCUT2D eigenvalue weighted by Gasteiger charge is -2.37. The number of benzene rings is 6. The van der Waals surface area contributed by atoms with Crippen molar-refractivity contribution >= 4 is 36.0 Å². The Bertz CT molecular complexity index is 4330. The minimum absolute atomic E-state index is 0.00449. The molecular formula is C77H92F3N8O16P. The van der Waals surface area contributed by atoms with E-state index in [9.17, 15) is 42.4 Å². The van der Waals surface area contributed by atoms with Crippen LogP contribution in [0, 0.1) is 25.2 Å². The lowest BCUT2D eigenvalue weighted by atomic mass is 9.80. The summed E-state index contributed by atoms with van der Waals surface area (Å²) in [5.41, 5.74) is 0.0290. The van der Waals surface area contributed by atoms with Gasteiger partial charge in [0.1, 0.15) is 41.8 Å². The van der Waals surface area contributed by atoms with Gasteiger partial charge in [-0.3, -0.25) is 38.4 Å². The maximum atomic E-state index is 14.4. The zero-order valence-corrected chi connectivity index (χ0v) is 61.2. The van der Waals surface area contributed by atoms with Gasteiger partial charge in [0.2, 0.25) is 0 Å². The van der Waals surface area contributed by atoms with Crippen molar-refractivity contribution in [2.45, 2.75) is 128 Å². The van der Waals surface area contributed by atoms with Gasteiger partial charge >= 0.3 is 23.5 Å². The van der Waals surface area contributed by atoms with Crippen molar-refractivity contribution < 1.29 is 69.6 Å². The highest BCUT2D eigenvalue weighted by atomic mass is 31.2. The number of ether oxygens (including phenoxy) is 9. The predicted molar refractivity (Wildman–Crippen MR) is 389 cm³/mol. The molecule has 2 N–H and O–H groups in total. The number of hydrogen-bond acceptors (Lipinski definition) is 19. The van der Waals surface area contributed by atoms with Crippen molar-refractivity contribution in [3.8, 4) is 17.6 Å². The number of aromatic amines is 2. The van der Waals surface area contributed by atoms with Gasteiger partial charge in [0, 0.05) is 81.2 Å². The molecular weight excluding hydrogens is 1380 g/mol. The monoisotopic (exact) mass is 1470 g/mol. The van der Waals surface area contributed by atoms with Crippen molar-refractivity contribution in [2.75, 3.05) is 99.9 Å². The molecule has 2 aliphatic heterocycles. The fourth-order valence-electron chi connectivity index (χ4n) is 13.3. The van der Waals surface area contributed by atoms with Crippen LogP contribution in [-0.2, 0) is 59.1 Å². The summed E-state index contributed by atoms with van der Waals surface area (Å²) in [6.45, 7) is 11.5. The smallest absolute Gasteiger partial charge is 0.471 e. The van der Waals surface area contributed by atoms with Crippen LogP contribution in [0.1, 0.15) is 92.8 Å². The number of carbonyl (C=O) groups excluding carboxylic acids is 1. The van der Waals surface area contributed by atoms with Crippen LogP contribution in [0.15, 0.2) is 165 Å². The van der Waals surface area contributed by atoms with Crippen LogP contribution >= 0.6 is 8.53 Å². The molecule has 10 rings (SSSR count). The molecule has 2 fully saturated rings. The van der Waals surface area contributed by atoms with Crippen molar-refractivity contribution in [2.24, 2.45) is 0 Å². The molecule has 0 saturated carbocycles. The number of methoxy groups -OCH3 is 2. The van der Waals surface area contributed by atoms with E-state index in [1.54, 1.807) is 21.1 Å². The second kappa shape index (κ2) is 37.2. The van der Waals surface area contributed by atoms with Crippen LogP contribution in [-0.4, -0.2) is 182 Å². The van der Waals surface area contributed by atoms with Crippen molar-refractivity contribution in [3.63, 3.8) is 0 Å². The summed E-state index contributed by atoms with van der Waals surface area (Å²) < 4.78 is 117. The van der Waals surface area contributed by atoms with Gasteiger partial charge in [-0.2, -0.15) is 18.4 Å². The number of H-pyrrole nitrogens is 2. The first kappa shape index (κ1) is 79.1. The standard InChI is InChI=1S/C77H92F3N8O16P/c1-51(2)88(52(3)4)105(101-36-16-31-81)104-66-45-70(87-47-54(6)72(90)83-75(87)93)102-67(66)49-98-38-33-84(48-64-62-21-14-12-17-55(62)43-56-18-13-15-22-63(56)64)32-37-96-41-42-97-39-34-85(73(91)77(78,79)80)35-40-99-65-44-69(86-46-53(5)71(89)82-74(86)92)103-68(65)50-100-76(57-19-10-9-11-20-57,58-23-27-60(94-7)28-24-58)59-25-29-61(95-8)30-26-59/h9-15,17-30,43,46-47,51-52,65-70H,16,32-42,44-45,48-50H2,1-8H3,(H,82,89,92)(H,83,90,93)/t65-,66-,67+,68+,69+,70+,105?/m0/s1. The minimum atomic E-state index is -5.23. The fraction of sp³-hybridized carbons (Fsp3) is 0.455. The number of amides is 1. The Labute approximate surface area is 608 Å². The number of carbonyl (C=O) groups is 1. The van der Waals surface area contributed by atoms with E-state index in [1.165, 1.54) is 28.5 Å². The van der Waals surface area contributed by atoms with Crippen LogP contribution in [0.25, 0.3) is 21.5 Å². The van der Waals surface area contributed by atoms with Gasteiger partial charge in [-0.1, -0.05) is 103 Å². The molecule has 4 heterocycles. The average Bonchev–Trinajstić information content (AvgIpc) is 1.19. The van der Waals surface area contributed by atoms with Gasteiger partial charge < -0.3 is 56.6 Å². The SMILES string of the molecule is COc1ccc(C(OC[C@H]2O[C@@H](n3cc(C)c(=O)[nH]c3=O)C[C@@H]2OCCN(CCOCCOCCN(CCOC[C@H]2O[C@@H](n3cc(C)c(=O)[nH]c3=O)C[C@@H]2OP(OCCC#N)N(C(C)C)C(C)C)Cc2c3ccccc3cc3ccccc23)C(=O)C(F)(F)F)(c2ccccc2)c2ccc(OC)cc2)cc1. The highest BCUT2D eigenvalue weighted by molar-refractivity contribution is 7.44. The number of aryl methyl sites for hydroxylation is 2. The molecule has 24 nitrogen and oxygen atoms in total. The first-order valence-electron chi connectivity index (χ1n) is 35.1. The van der Waals surface area contributed by atoms with Crippen LogP contribution in [0.4, 0.5) is 13.2 Å². The molecule has 0 aliphatic carbocycles. The van der Waals surface area contributed by atoms with E-state index in [0.29, 0.717) is 52.7 Å². The van der Waals surface area contributed by atoms with E-state index in [4.69, 9.17) is 51.7 Å². The van der Waals surface area contributed by atoms with E-state index < -0.39 is 98.7 Å². The van der Waals surface area contributed by atoms with Gasteiger partial charge in [-0.15, -0.1) is 0 Å². The Morgan fingerprint density at radius 1 is 0.619 bits per heavy atom. The number of rotatable bonds is 38. The van der Waals surface area contributed by atoms with Gasteiger partial charge in [0.05, 0.1) is 98.4 Å². The number of fused-ring (bicyclic) bond motifs is 2. The summed E-state index contributed by atoms with van der Waals surface area (Å²) >= 11 is 0. The maximum Gasteiger partial charge on any atom is 0.471 e. The lowest BCUT2D eigenvalue weighted by molar-refractivity contribution is -0.187. The molecule has 7 atom stereocenters. The summed E-state index contributed by atoms with van der Waals surface area (Å²) in [6.07, 6.45) is -7.04. The Morgan fingerprint density at radius 3 is 1.63 bits per heavy atom.